The van der Waals surface area contributed by atoms with Crippen LogP contribution in [0.3, 0.4) is 0 Å². The average molecular weight is 243 g/mol. The van der Waals surface area contributed by atoms with Gasteiger partial charge < -0.3 is 20.7 Å². The van der Waals surface area contributed by atoms with Crippen LogP contribution < -0.4 is 5.73 Å². The Kier molecular flexibility index (Phi) is 4.00. The summed E-state index contributed by atoms with van der Waals surface area (Å²) in [6.45, 7) is -0.408. The predicted octanol–water partition coefficient (Wildman–Crippen LogP) is -2.40. The molecular weight excluding hydrogens is 230 g/mol. The highest BCUT2D eigenvalue weighted by Crippen LogP contribution is 2.21. The van der Waals surface area contributed by atoms with Gasteiger partial charge in [0.2, 0.25) is 0 Å². The predicted molar refractivity (Wildman–Crippen MR) is 47.0 cm³/mol. The van der Waals surface area contributed by atoms with Crippen molar-refractivity contribution in [2.24, 2.45) is 5.73 Å². The van der Waals surface area contributed by atoms with Crippen LogP contribution in [0.1, 0.15) is 6.42 Å². The number of aliphatic hydroxyl groups excluding tert-OH is 2. The molecule has 90 valence electrons. The minimum Gasteiger partial charge on any atom is -0.394 e. The zero-order valence-corrected chi connectivity index (χ0v) is 8.50. The normalized spacial score (nSPS) is 37.9. The fraction of sp³-hybridized carbons (Fsp3) is 1.00. The van der Waals surface area contributed by atoms with E-state index in [1.165, 1.54) is 0 Å². The molecule has 0 spiro atoms. The second-order valence-corrected chi connectivity index (χ2v) is 4.25. The highest BCUT2D eigenvalue weighted by atomic mass is 32.3. The Labute approximate surface area is 86.6 Å². The molecule has 1 aliphatic rings. The minimum atomic E-state index is -4.64. The van der Waals surface area contributed by atoms with Crippen molar-refractivity contribution in [3.05, 3.63) is 0 Å². The lowest BCUT2D eigenvalue weighted by atomic mass is 10.0. The Morgan fingerprint density at radius 1 is 1.53 bits per heavy atom. The molecule has 1 heterocycles. The molecule has 8 nitrogen and oxygen atoms in total. The summed E-state index contributed by atoms with van der Waals surface area (Å²) < 4.78 is 38.4. The maximum Gasteiger partial charge on any atom is 0.397 e. The van der Waals surface area contributed by atoms with Crippen LogP contribution in [0.25, 0.3) is 0 Å². The Balaban J connectivity index is 2.69. The van der Waals surface area contributed by atoms with Crippen LogP contribution in [0.4, 0.5) is 0 Å². The molecule has 0 aromatic rings. The third kappa shape index (κ3) is 3.65. The van der Waals surface area contributed by atoms with E-state index in [9.17, 15) is 13.5 Å². The van der Waals surface area contributed by atoms with Crippen LogP contribution in [0.15, 0.2) is 0 Å². The van der Waals surface area contributed by atoms with Crippen molar-refractivity contribution in [3.8, 4) is 0 Å². The molecule has 1 aliphatic heterocycles. The first-order chi connectivity index (χ1) is 6.83. The van der Waals surface area contributed by atoms with E-state index in [-0.39, 0.29) is 6.42 Å². The maximum absolute atomic E-state index is 10.4. The third-order valence-corrected chi connectivity index (χ3v) is 2.52. The summed E-state index contributed by atoms with van der Waals surface area (Å²) in [6, 6.07) is -1.10. The van der Waals surface area contributed by atoms with Crippen molar-refractivity contribution >= 4 is 10.4 Å². The number of hydrogen-bond acceptors (Lipinski definition) is 7. The van der Waals surface area contributed by atoms with E-state index in [1.807, 2.05) is 0 Å². The van der Waals surface area contributed by atoms with Gasteiger partial charge in [-0.2, -0.15) is 8.42 Å². The number of hydrogen-bond donors (Lipinski definition) is 4. The first-order valence-corrected chi connectivity index (χ1v) is 5.55. The van der Waals surface area contributed by atoms with E-state index < -0.39 is 41.5 Å². The summed E-state index contributed by atoms with van der Waals surface area (Å²) in [5.74, 6) is 0. The van der Waals surface area contributed by atoms with Crippen LogP contribution in [0.5, 0.6) is 0 Å². The molecule has 0 aliphatic carbocycles. The Morgan fingerprint density at radius 3 is 2.60 bits per heavy atom. The Morgan fingerprint density at radius 2 is 2.13 bits per heavy atom. The van der Waals surface area contributed by atoms with Crippen LogP contribution >= 0.6 is 0 Å². The molecule has 2 unspecified atom stereocenters. The molecule has 1 saturated heterocycles. The molecule has 15 heavy (non-hydrogen) atoms. The molecular formula is C6H13NO7S. The van der Waals surface area contributed by atoms with Crippen molar-refractivity contribution in [1.29, 1.82) is 0 Å². The monoisotopic (exact) mass is 243 g/mol. The average Bonchev–Trinajstić information content (AvgIpc) is 2.10. The lowest BCUT2D eigenvalue weighted by Gasteiger charge is -2.35. The van der Waals surface area contributed by atoms with E-state index in [0.717, 1.165) is 0 Å². The largest absolute Gasteiger partial charge is 0.397 e. The van der Waals surface area contributed by atoms with Gasteiger partial charge in [0, 0.05) is 6.42 Å². The SMILES string of the molecule is NC1[C@H](O)OC(CO)C[C@H]1OS(=O)(=O)O. The highest BCUT2D eigenvalue weighted by molar-refractivity contribution is 7.80. The standard InChI is InChI=1S/C6H13NO7S/c7-5-4(14-15(10,11)12)1-3(2-8)13-6(5)9/h3-6,8-9H,1-2,7H2,(H,10,11,12)/t3?,4-,5?,6-/m1/s1. The molecule has 0 aromatic carbocycles. The zero-order chi connectivity index (χ0) is 11.6. The van der Waals surface area contributed by atoms with E-state index >= 15 is 0 Å². The summed E-state index contributed by atoms with van der Waals surface area (Å²) in [5.41, 5.74) is 5.39. The molecule has 5 N–H and O–H groups in total. The van der Waals surface area contributed by atoms with Crippen molar-refractivity contribution in [2.75, 3.05) is 6.61 Å². The first-order valence-electron chi connectivity index (χ1n) is 4.19. The molecule has 0 radical (unpaired) electrons. The van der Waals surface area contributed by atoms with Gasteiger partial charge >= 0.3 is 10.4 Å². The van der Waals surface area contributed by atoms with Crippen LogP contribution in [-0.4, -0.2) is 54.3 Å². The van der Waals surface area contributed by atoms with Crippen molar-refractivity contribution in [3.63, 3.8) is 0 Å². The summed E-state index contributed by atoms with van der Waals surface area (Å²) in [7, 11) is -4.64. The van der Waals surface area contributed by atoms with Crippen LogP contribution in [-0.2, 0) is 19.3 Å². The van der Waals surface area contributed by atoms with Gasteiger partial charge in [-0.3, -0.25) is 4.55 Å². The van der Waals surface area contributed by atoms with Crippen molar-refractivity contribution < 1.29 is 32.1 Å². The van der Waals surface area contributed by atoms with E-state index in [4.69, 9.17) is 20.1 Å². The quantitative estimate of drug-likeness (QED) is 0.402. The molecule has 1 fully saturated rings. The molecule has 0 aromatic heterocycles. The van der Waals surface area contributed by atoms with Crippen LogP contribution in [0.2, 0.25) is 0 Å². The summed E-state index contributed by atoms with van der Waals surface area (Å²) in [6.07, 6.45) is -3.37. The maximum atomic E-state index is 10.4. The second-order valence-electron chi connectivity index (χ2n) is 3.21. The van der Waals surface area contributed by atoms with Gasteiger partial charge in [-0.15, -0.1) is 0 Å². The van der Waals surface area contributed by atoms with Gasteiger partial charge in [-0.1, -0.05) is 0 Å². The van der Waals surface area contributed by atoms with E-state index in [2.05, 4.69) is 4.18 Å². The zero-order valence-electron chi connectivity index (χ0n) is 7.68. The first kappa shape index (κ1) is 12.8. The Hall–Kier alpha value is -0.290. The van der Waals surface area contributed by atoms with Crippen molar-refractivity contribution in [1.82, 2.24) is 0 Å². The van der Waals surface area contributed by atoms with Crippen LogP contribution in [0, 0.1) is 0 Å². The number of nitrogens with two attached hydrogens (primary N) is 1. The highest BCUT2D eigenvalue weighted by Gasteiger charge is 2.38. The third-order valence-electron chi connectivity index (χ3n) is 2.03. The molecule has 0 bridgehead atoms. The summed E-state index contributed by atoms with van der Waals surface area (Å²) in [4.78, 5) is 0. The van der Waals surface area contributed by atoms with Gasteiger partial charge in [0.25, 0.3) is 0 Å². The van der Waals surface area contributed by atoms with Gasteiger partial charge in [0.1, 0.15) is 6.10 Å². The minimum absolute atomic E-state index is 0.0332. The summed E-state index contributed by atoms with van der Waals surface area (Å²) in [5, 5.41) is 18.0. The molecule has 9 heteroatoms. The topological polar surface area (TPSA) is 139 Å². The second kappa shape index (κ2) is 4.70. The van der Waals surface area contributed by atoms with E-state index in [1.54, 1.807) is 0 Å². The van der Waals surface area contributed by atoms with Gasteiger partial charge in [0.05, 0.1) is 18.8 Å². The van der Waals surface area contributed by atoms with Gasteiger partial charge in [0.15, 0.2) is 6.29 Å². The van der Waals surface area contributed by atoms with Gasteiger partial charge in [-0.25, -0.2) is 4.18 Å². The molecule has 0 amide bonds. The molecule has 4 atom stereocenters. The van der Waals surface area contributed by atoms with Crippen molar-refractivity contribution in [2.45, 2.75) is 31.0 Å². The molecule has 1 rings (SSSR count). The number of ether oxygens (including phenoxy) is 1. The fourth-order valence-corrected chi connectivity index (χ4v) is 1.84. The molecule has 0 saturated carbocycles. The fourth-order valence-electron chi connectivity index (χ4n) is 1.32. The van der Waals surface area contributed by atoms with E-state index in [0.29, 0.717) is 0 Å². The number of aliphatic hydroxyl groups is 2. The lowest BCUT2D eigenvalue weighted by molar-refractivity contribution is -0.204. The lowest BCUT2D eigenvalue weighted by Crippen LogP contribution is -2.55. The summed E-state index contributed by atoms with van der Waals surface area (Å²) >= 11 is 0. The van der Waals surface area contributed by atoms with Gasteiger partial charge in [-0.05, 0) is 0 Å². The number of rotatable bonds is 3. The smallest absolute Gasteiger partial charge is 0.394 e. The Bertz CT molecular complexity index is 305.